The summed E-state index contributed by atoms with van der Waals surface area (Å²) in [6.45, 7) is 2.78. The highest BCUT2D eigenvalue weighted by Crippen LogP contribution is 2.23. The molecule has 1 atom stereocenters. The van der Waals surface area contributed by atoms with Gasteiger partial charge in [0.2, 0.25) is 5.91 Å². The van der Waals surface area contributed by atoms with Crippen LogP contribution < -0.4 is 0 Å². The van der Waals surface area contributed by atoms with Gasteiger partial charge >= 0.3 is 5.97 Å². The number of likely N-dealkylation sites (tertiary alicyclic amines) is 1. The van der Waals surface area contributed by atoms with Crippen molar-refractivity contribution >= 4 is 11.9 Å². The normalized spacial score (nSPS) is 16.5. The van der Waals surface area contributed by atoms with E-state index >= 15 is 0 Å². The van der Waals surface area contributed by atoms with Gasteiger partial charge in [0.15, 0.2) is 5.69 Å². The summed E-state index contributed by atoms with van der Waals surface area (Å²) in [5.74, 6) is -1.13. The summed E-state index contributed by atoms with van der Waals surface area (Å²) >= 11 is 0. The molecule has 0 bridgehead atoms. The molecule has 1 N–H and O–H groups in total. The second-order valence-corrected chi connectivity index (χ2v) is 4.95. The van der Waals surface area contributed by atoms with Crippen LogP contribution in [-0.2, 0) is 4.79 Å². The van der Waals surface area contributed by atoms with E-state index < -0.39 is 5.97 Å². The van der Waals surface area contributed by atoms with Crippen LogP contribution in [0.4, 0.5) is 0 Å². The SMILES string of the molecule is CC(C(=O)N1CC(n2cc(C(=O)O)nn2)C1)n1cccn1. The first-order valence-corrected chi connectivity index (χ1v) is 6.49. The van der Waals surface area contributed by atoms with Crippen LogP contribution in [0.5, 0.6) is 0 Å². The molecule has 1 saturated heterocycles. The topological polar surface area (TPSA) is 106 Å². The lowest BCUT2D eigenvalue weighted by Gasteiger charge is -2.40. The number of aromatic carboxylic acids is 1. The average molecular weight is 290 g/mol. The summed E-state index contributed by atoms with van der Waals surface area (Å²) in [7, 11) is 0. The molecule has 2 aromatic rings. The summed E-state index contributed by atoms with van der Waals surface area (Å²) in [6.07, 6.45) is 4.76. The Morgan fingerprint density at radius 3 is 2.76 bits per heavy atom. The first-order chi connectivity index (χ1) is 10.1. The number of nitrogens with zero attached hydrogens (tertiary/aromatic N) is 6. The Hall–Kier alpha value is -2.71. The van der Waals surface area contributed by atoms with Gasteiger partial charge in [0, 0.05) is 25.5 Å². The number of aromatic nitrogens is 5. The van der Waals surface area contributed by atoms with Crippen molar-refractivity contribution < 1.29 is 14.7 Å². The lowest BCUT2D eigenvalue weighted by atomic mass is 10.1. The minimum atomic E-state index is -1.11. The molecule has 0 spiro atoms. The Kier molecular flexibility index (Phi) is 3.16. The number of amides is 1. The summed E-state index contributed by atoms with van der Waals surface area (Å²) in [6, 6.07) is 1.39. The molecule has 3 rings (SSSR count). The van der Waals surface area contributed by atoms with Gasteiger partial charge in [0.25, 0.3) is 0 Å². The highest BCUT2D eigenvalue weighted by atomic mass is 16.4. The fraction of sp³-hybridized carbons (Fsp3) is 0.417. The second-order valence-electron chi connectivity index (χ2n) is 4.95. The summed E-state index contributed by atoms with van der Waals surface area (Å²) in [5, 5.41) is 20.2. The van der Waals surface area contributed by atoms with Gasteiger partial charge < -0.3 is 10.0 Å². The van der Waals surface area contributed by atoms with Gasteiger partial charge in [-0.25, -0.2) is 9.48 Å². The van der Waals surface area contributed by atoms with E-state index in [2.05, 4.69) is 15.4 Å². The Morgan fingerprint density at radius 2 is 2.19 bits per heavy atom. The van der Waals surface area contributed by atoms with E-state index in [9.17, 15) is 9.59 Å². The van der Waals surface area contributed by atoms with E-state index in [1.807, 2.05) is 0 Å². The van der Waals surface area contributed by atoms with Gasteiger partial charge in [-0.1, -0.05) is 5.21 Å². The number of carboxylic acid groups (broad SMARTS) is 1. The molecule has 1 aliphatic heterocycles. The van der Waals surface area contributed by atoms with Crippen molar-refractivity contribution in [3.8, 4) is 0 Å². The summed E-state index contributed by atoms with van der Waals surface area (Å²) < 4.78 is 3.10. The first kappa shape index (κ1) is 13.3. The van der Waals surface area contributed by atoms with Crippen LogP contribution in [0.2, 0.25) is 0 Å². The molecule has 2 aromatic heterocycles. The van der Waals surface area contributed by atoms with Gasteiger partial charge in [-0.05, 0) is 13.0 Å². The fourth-order valence-electron chi connectivity index (χ4n) is 2.24. The molecule has 1 amide bonds. The standard InChI is InChI=1S/C12H14N6O3/c1-8(17-4-2-3-13-17)11(19)16-5-9(6-16)18-7-10(12(20)21)14-15-18/h2-4,7-9H,5-6H2,1H3,(H,20,21). The molecule has 3 heterocycles. The van der Waals surface area contributed by atoms with Crippen molar-refractivity contribution in [1.82, 2.24) is 29.7 Å². The molecule has 0 aromatic carbocycles. The maximum atomic E-state index is 12.2. The molecule has 110 valence electrons. The molecule has 0 saturated carbocycles. The van der Waals surface area contributed by atoms with Crippen LogP contribution in [-0.4, -0.2) is 59.7 Å². The van der Waals surface area contributed by atoms with E-state index in [4.69, 9.17) is 5.11 Å². The zero-order valence-electron chi connectivity index (χ0n) is 11.3. The van der Waals surface area contributed by atoms with Gasteiger partial charge in [-0.15, -0.1) is 5.10 Å². The van der Waals surface area contributed by atoms with Crippen molar-refractivity contribution in [1.29, 1.82) is 0 Å². The molecular weight excluding hydrogens is 276 g/mol. The minimum Gasteiger partial charge on any atom is -0.476 e. The lowest BCUT2D eigenvalue weighted by molar-refractivity contribution is -0.140. The largest absolute Gasteiger partial charge is 0.476 e. The number of hydrogen-bond acceptors (Lipinski definition) is 5. The molecule has 0 aliphatic carbocycles. The minimum absolute atomic E-state index is 0.0199. The zero-order chi connectivity index (χ0) is 15.0. The predicted octanol–water partition coefficient (Wildman–Crippen LogP) is -0.183. The van der Waals surface area contributed by atoms with Crippen molar-refractivity contribution in [2.45, 2.75) is 19.0 Å². The van der Waals surface area contributed by atoms with Gasteiger partial charge in [-0.3, -0.25) is 9.48 Å². The van der Waals surface area contributed by atoms with E-state index in [1.165, 1.54) is 10.9 Å². The lowest BCUT2D eigenvalue weighted by Crippen LogP contribution is -2.52. The van der Waals surface area contributed by atoms with Crippen molar-refractivity contribution in [2.24, 2.45) is 0 Å². The van der Waals surface area contributed by atoms with Gasteiger partial charge in [-0.2, -0.15) is 5.10 Å². The fourth-order valence-corrected chi connectivity index (χ4v) is 2.24. The third-order valence-electron chi connectivity index (χ3n) is 3.56. The third kappa shape index (κ3) is 2.37. The van der Waals surface area contributed by atoms with Crippen LogP contribution in [0.15, 0.2) is 24.7 Å². The smallest absolute Gasteiger partial charge is 0.358 e. The van der Waals surface area contributed by atoms with Crippen molar-refractivity contribution in [3.63, 3.8) is 0 Å². The monoisotopic (exact) mass is 290 g/mol. The third-order valence-corrected chi connectivity index (χ3v) is 3.56. The molecule has 1 unspecified atom stereocenters. The highest BCUT2D eigenvalue weighted by molar-refractivity contribution is 5.84. The number of carbonyl (C=O) groups excluding carboxylic acids is 1. The maximum absolute atomic E-state index is 12.2. The van der Waals surface area contributed by atoms with Crippen molar-refractivity contribution in [3.05, 3.63) is 30.4 Å². The van der Waals surface area contributed by atoms with E-state index in [-0.39, 0.29) is 23.7 Å². The number of rotatable bonds is 4. The molecule has 21 heavy (non-hydrogen) atoms. The highest BCUT2D eigenvalue weighted by Gasteiger charge is 2.35. The number of carboxylic acids is 1. The van der Waals surface area contributed by atoms with Crippen LogP contribution in [0.25, 0.3) is 0 Å². The molecule has 9 nitrogen and oxygen atoms in total. The molecule has 9 heteroatoms. The number of hydrogen-bond donors (Lipinski definition) is 1. The predicted molar refractivity (Wildman–Crippen MR) is 69.5 cm³/mol. The van der Waals surface area contributed by atoms with Crippen LogP contribution in [0.1, 0.15) is 29.5 Å². The summed E-state index contributed by atoms with van der Waals surface area (Å²) in [4.78, 5) is 24.7. The molecule has 1 aliphatic rings. The number of carbonyl (C=O) groups is 2. The van der Waals surface area contributed by atoms with Gasteiger partial charge in [0.05, 0.1) is 12.2 Å². The Balaban J connectivity index is 1.60. The summed E-state index contributed by atoms with van der Waals surface area (Å²) in [5.41, 5.74) is -0.0929. The van der Waals surface area contributed by atoms with Crippen LogP contribution in [0.3, 0.4) is 0 Å². The second kappa shape index (κ2) is 5.00. The van der Waals surface area contributed by atoms with Gasteiger partial charge in [0.1, 0.15) is 6.04 Å². The van der Waals surface area contributed by atoms with Crippen LogP contribution >= 0.6 is 0 Å². The molecule has 0 radical (unpaired) electrons. The first-order valence-electron chi connectivity index (χ1n) is 6.49. The zero-order valence-corrected chi connectivity index (χ0v) is 11.3. The Morgan fingerprint density at radius 1 is 1.43 bits per heavy atom. The van der Waals surface area contributed by atoms with Crippen LogP contribution in [0, 0.1) is 0 Å². The Bertz CT molecular complexity index is 658. The quantitative estimate of drug-likeness (QED) is 0.837. The maximum Gasteiger partial charge on any atom is 0.358 e. The average Bonchev–Trinajstić information content (AvgIpc) is 3.07. The van der Waals surface area contributed by atoms with E-state index in [0.29, 0.717) is 13.1 Å². The van der Waals surface area contributed by atoms with Crippen molar-refractivity contribution in [2.75, 3.05) is 13.1 Å². The van der Waals surface area contributed by atoms with E-state index in [1.54, 1.807) is 35.0 Å². The molecule has 1 fully saturated rings. The van der Waals surface area contributed by atoms with E-state index in [0.717, 1.165) is 0 Å². The Labute approximate surface area is 119 Å². The molecular formula is C12H14N6O3.